The van der Waals surface area contributed by atoms with E-state index in [0.717, 1.165) is 14.9 Å². The second-order valence-electron chi connectivity index (χ2n) is 7.69. The predicted molar refractivity (Wildman–Crippen MR) is 127 cm³/mol. The maximum Gasteiger partial charge on any atom is 0.336 e. The summed E-state index contributed by atoms with van der Waals surface area (Å²) in [5.41, 5.74) is 1.73. The van der Waals surface area contributed by atoms with E-state index in [9.17, 15) is 13.2 Å². The topological polar surface area (TPSA) is 89.2 Å². The first-order chi connectivity index (χ1) is 15.9. The summed E-state index contributed by atoms with van der Waals surface area (Å²) in [5.74, 6) is 0.454. The molecular weight excluding hydrogens is 460 g/mol. The largest absolute Gasteiger partial charge is 0.496 e. The van der Waals surface area contributed by atoms with Gasteiger partial charge in [-0.15, -0.1) is 11.3 Å². The van der Waals surface area contributed by atoms with E-state index in [4.69, 9.17) is 9.15 Å². The van der Waals surface area contributed by atoms with Gasteiger partial charge in [0.05, 0.1) is 23.3 Å². The molecule has 1 atom stereocenters. The average Bonchev–Trinajstić information content (AvgIpc) is 3.49. The zero-order valence-electron chi connectivity index (χ0n) is 17.9. The van der Waals surface area contributed by atoms with Gasteiger partial charge in [-0.25, -0.2) is 4.79 Å². The van der Waals surface area contributed by atoms with Gasteiger partial charge in [-0.05, 0) is 48.7 Å². The third-order valence-electron chi connectivity index (χ3n) is 5.57. The van der Waals surface area contributed by atoms with Crippen molar-refractivity contribution in [1.82, 2.24) is 4.41 Å². The number of hydrogen-bond donors (Lipinski definition) is 0. The zero-order valence-corrected chi connectivity index (χ0v) is 19.5. The Morgan fingerprint density at radius 1 is 1.09 bits per heavy atom. The van der Waals surface area contributed by atoms with Crippen LogP contribution in [-0.2, 0) is 10.0 Å². The minimum Gasteiger partial charge on any atom is -0.496 e. The number of sulfonamides is 1. The van der Waals surface area contributed by atoms with Crippen LogP contribution < -0.4 is 10.4 Å². The van der Waals surface area contributed by atoms with Crippen molar-refractivity contribution in [3.05, 3.63) is 92.5 Å². The van der Waals surface area contributed by atoms with Crippen LogP contribution >= 0.6 is 11.3 Å². The monoisotopic (exact) mass is 480 g/mol. The molecule has 0 bridgehead atoms. The average molecular weight is 481 g/mol. The summed E-state index contributed by atoms with van der Waals surface area (Å²) in [6.45, 7) is 1.90. The number of methoxy groups -OCH3 is 1. The molecule has 5 rings (SSSR count). The summed E-state index contributed by atoms with van der Waals surface area (Å²) in [7, 11) is -2.42. The van der Waals surface area contributed by atoms with E-state index in [1.54, 1.807) is 42.5 Å². The maximum absolute atomic E-state index is 13.6. The van der Waals surface area contributed by atoms with E-state index in [-0.39, 0.29) is 4.90 Å². The van der Waals surface area contributed by atoms with Crippen LogP contribution in [0.25, 0.3) is 11.0 Å². The van der Waals surface area contributed by atoms with E-state index in [0.29, 0.717) is 34.4 Å². The van der Waals surface area contributed by atoms with Crippen molar-refractivity contribution < 1.29 is 17.6 Å². The summed E-state index contributed by atoms with van der Waals surface area (Å²) in [5, 5.41) is 7.18. The van der Waals surface area contributed by atoms with Gasteiger partial charge in [0.2, 0.25) is 0 Å². The van der Waals surface area contributed by atoms with Gasteiger partial charge in [-0.3, -0.25) is 0 Å². The molecule has 0 aliphatic carbocycles. The fraction of sp³-hybridized carbons (Fsp3) is 0.167. The third-order valence-corrected chi connectivity index (χ3v) is 8.24. The van der Waals surface area contributed by atoms with Gasteiger partial charge in [0, 0.05) is 22.8 Å². The second kappa shape index (κ2) is 8.17. The molecule has 7 nitrogen and oxygen atoms in total. The molecule has 33 heavy (non-hydrogen) atoms. The Kier molecular flexibility index (Phi) is 5.30. The summed E-state index contributed by atoms with van der Waals surface area (Å²) in [6.07, 6.45) is 0.305. The van der Waals surface area contributed by atoms with E-state index in [2.05, 4.69) is 5.10 Å². The van der Waals surface area contributed by atoms with Crippen LogP contribution in [-0.4, -0.2) is 25.7 Å². The molecule has 2 aromatic heterocycles. The lowest BCUT2D eigenvalue weighted by Crippen LogP contribution is -2.26. The molecule has 0 N–H and O–H groups in total. The number of hydrogen-bond acceptors (Lipinski definition) is 7. The number of fused-ring (bicyclic) bond motifs is 1. The minimum absolute atomic E-state index is 0.163. The van der Waals surface area contributed by atoms with Gasteiger partial charge < -0.3 is 9.15 Å². The Labute approximate surface area is 194 Å². The van der Waals surface area contributed by atoms with Gasteiger partial charge >= 0.3 is 5.63 Å². The van der Waals surface area contributed by atoms with E-state index in [1.165, 1.54) is 24.5 Å². The van der Waals surface area contributed by atoms with Crippen LogP contribution in [0.4, 0.5) is 0 Å². The highest BCUT2D eigenvalue weighted by Gasteiger charge is 2.39. The first-order valence-electron chi connectivity index (χ1n) is 10.2. The first kappa shape index (κ1) is 21.4. The van der Waals surface area contributed by atoms with Gasteiger partial charge in [-0.1, -0.05) is 23.8 Å². The molecule has 1 aliphatic heterocycles. The Bertz CT molecular complexity index is 1520. The Hall–Kier alpha value is -3.43. The number of nitrogens with zero attached hydrogens (tertiary/aromatic N) is 2. The molecule has 168 valence electrons. The molecule has 0 amide bonds. The van der Waals surface area contributed by atoms with Crippen LogP contribution in [0.2, 0.25) is 0 Å². The van der Waals surface area contributed by atoms with Crippen LogP contribution in [0.1, 0.15) is 28.5 Å². The van der Waals surface area contributed by atoms with E-state index >= 15 is 0 Å². The quantitative estimate of drug-likeness (QED) is 0.386. The standard InChI is InChI=1S/C24H20N2O5S2/c1-15-5-9-17(10-6-15)33(28,29)26-19(21-4-3-13-32-21)14-18(25-26)23-20(30-2)11-7-16-8-12-22(27)31-24(16)23/h3-13,19H,14H2,1-2H3. The zero-order chi connectivity index (χ0) is 23.2. The summed E-state index contributed by atoms with van der Waals surface area (Å²) in [6, 6.07) is 16.5. The summed E-state index contributed by atoms with van der Waals surface area (Å²) in [4.78, 5) is 13.0. The lowest BCUT2D eigenvalue weighted by Gasteiger charge is -2.22. The molecule has 1 aliphatic rings. The summed E-state index contributed by atoms with van der Waals surface area (Å²) < 4.78 is 39.5. The molecule has 0 spiro atoms. The van der Waals surface area contributed by atoms with Crippen LogP contribution in [0.15, 0.2) is 85.3 Å². The molecule has 4 aromatic rings. The number of aryl methyl sites for hydroxylation is 1. The van der Waals surface area contributed by atoms with Crippen molar-refractivity contribution in [2.45, 2.75) is 24.3 Å². The third kappa shape index (κ3) is 3.73. The molecular formula is C24H20N2O5S2. The number of thiophene rings is 1. The number of ether oxygens (including phenoxy) is 1. The minimum atomic E-state index is -3.93. The fourth-order valence-corrected chi connectivity index (χ4v) is 6.23. The number of rotatable bonds is 5. The highest BCUT2D eigenvalue weighted by Crippen LogP contribution is 2.41. The smallest absolute Gasteiger partial charge is 0.336 e. The second-order valence-corrected chi connectivity index (χ2v) is 10.5. The van der Waals surface area contributed by atoms with Crippen molar-refractivity contribution in [3.8, 4) is 5.75 Å². The lowest BCUT2D eigenvalue weighted by atomic mass is 10.00. The number of hydrazone groups is 1. The van der Waals surface area contributed by atoms with Crippen LogP contribution in [0.5, 0.6) is 5.75 Å². The molecule has 1 unspecified atom stereocenters. The lowest BCUT2D eigenvalue weighted by molar-refractivity contribution is 0.375. The summed E-state index contributed by atoms with van der Waals surface area (Å²) >= 11 is 1.47. The van der Waals surface area contributed by atoms with E-state index < -0.39 is 21.7 Å². The predicted octanol–water partition coefficient (Wildman–Crippen LogP) is 4.71. The molecule has 3 heterocycles. The fourth-order valence-electron chi connectivity index (χ4n) is 3.93. The SMILES string of the molecule is COc1ccc2ccc(=O)oc2c1C1=NN(S(=O)(=O)c2ccc(C)cc2)C(c2cccs2)C1. The Morgan fingerprint density at radius 3 is 2.55 bits per heavy atom. The molecule has 9 heteroatoms. The van der Waals surface area contributed by atoms with Gasteiger partial charge in [0.1, 0.15) is 11.8 Å². The van der Waals surface area contributed by atoms with Crippen molar-refractivity contribution in [2.75, 3.05) is 7.11 Å². The van der Waals surface area contributed by atoms with E-state index in [1.807, 2.05) is 24.4 Å². The van der Waals surface area contributed by atoms with Gasteiger partial charge in [0.15, 0.2) is 5.58 Å². The van der Waals surface area contributed by atoms with Crippen molar-refractivity contribution in [1.29, 1.82) is 0 Å². The highest BCUT2D eigenvalue weighted by molar-refractivity contribution is 7.89. The van der Waals surface area contributed by atoms with Crippen molar-refractivity contribution >= 4 is 38.0 Å². The highest BCUT2D eigenvalue weighted by atomic mass is 32.2. The Morgan fingerprint density at radius 2 is 1.85 bits per heavy atom. The van der Waals surface area contributed by atoms with Crippen molar-refractivity contribution in [2.24, 2.45) is 5.10 Å². The molecule has 0 saturated carbocycles. The molecule has 0 radical (unpaired) electrons. The molecule has 0 fully saturated rings. The van der Waals surface area contributed by atoms with Gasteiger partial charge in [-0.2, -0.15) is 17.9 Å². The van der Waals surface area contributed by atoms with Crippen molar-refractivity contribution in [3.63, 3.8) is 0 Å². The molecule has 2 aromatic carbocycles. The van der Waals surface area contributed by atoms with Crippen LogP contribution in [0.3, 0.4) is 0 Å². The number of benzene rings is 2. The Balaban J connectivity index is 1.71. The molecule has 0 saturated heterocycles. The maximum atomic E-state index is 13.6. The van der Waals surface area contributed by atoms with Gasteiger partial charge in [0.25, 0.3) is 10.0 Å². The first-order valence-corrected chi connectivity index (χ1v) is 12.5. The normalized spacial score (nSPS) is 16.2. The van der Waals surface area contributed by atoms with Crippen LogP contribution in [0, 0.1) is 6.92 Å².